The molecule has 0 unspecified atom stereocenters. The Morgan fingerprint density at radius 2 is 1.88 bits per heavy atom. The maximum absolute atomic E-state index is 10.6. The van der Waals surface area contributed by atoms with Crippen LogP contribution in [0.15, 0.2) is 48.5 Å². The number of piperidine rings is 1. The van der Waals surface area contributed by atoms with Crippen LogP contribution < -0.4 is 4.74 Å². The molecule has 126 valence electrons. The molecule has 24 heavy (non-hydrogen) atoms. The van der Waals surface area contributed by atoms with Crippen molar-refractivity contribution in [1.82, 2.24) is 4.90 Å². The highest BCUT2D eigenvalue weighted by Gasteiger charge is 2.42. The Morgan fingerprint density at radius 1 is 1.12 bits per heavy atom. The standard InChI is InChI=1S/C21H25NO2/c1-16-7-8-20-18(13-16)19(23)14-21(24-20)9-11-22(12-10-21)15-17-5-3-2-4-6-17/h2-8,13,19,23H,9-12,14-15H2,1H3/t19-/m1/s1. The van der Waals surface area contributed by atoms with E-state index in [1.54, 1.807) is 0 Å². The molecule has 1 N–H and O–H groups in total. The number of aryl methyl sites for hydroxylation is 1. The molecular formula is C21H25NO2. The van der Waals surface area contributed by atoms with Crippen LogP contribution in [0.5, 0.6) is 5.75 Å². The number of aliphatic hydroxyl groups excluding tert-OH is 1. The number of hydrogen-bond donors (Lipinski definition) is 1. The van der Waals surface area contributed by atoms with Gasteiger partial charge in [0.05, 0.1) is 6.10 Å². The van der Waals surface area contributed by atoms with Crippen LogP contribution >= 0.6 is 0 Å². The summed E-state index contributed by atoms with van der Waals surface area (Å²) in [4.78, 5) is 2.49. The van der Waals surface area contributed by atoms with E-state index in [4.69, 9.17) is 4.74 Å². The molecular weight excluding hydrogens is 298 g/mol. The Kier molecular flexibility index (Phi) is 4.07. The van der Waals surface area contributed by atoms with Crippen LogP contribution in [0.1, 0.15) is 42.1 Å². The van der Waals surface area contributed by atoms with Gasteiger partial charge in [0, 0.05) is 31.6 Å². The van der Waals surface area contributed by atoms with Crippen molar-refractivity contribution in [3.8, 4) is 5.75 Å². The largest absolute Gasteiger partial charge is 0.487 e. The van der Waals surface area contributed by atoms with Gasteiger partial charge >= 0.3 is 0 Å². The molecule has 1 saturated heterocycles. The van der Waals surface area contributed by atoms with Gasteiger partial charge in [0.1, 0.15) is 11.4 Å². The first-order valence-corrected chi connectivity index (χ1v) is 8.87. The second-order valence-electron chi connectivity index (χ2n) is 7.31. The van der Waals surface area contributed by atoms with Gasteiger partial charge in [0.25, 0.3) is 0 Å². The number of hydrogen-bond acceptors (Lipinski definition) is 3. The highest BCUT2D eigenvalue weighted by Crippen LogP contribution is 2.44. The minimum Gasteiger partial charge on any atom is -0.487 e. The number of rotatable bonds is 2. The summed E-state index contributed by atoms with van der Waals surface area (Å²) in [5.41, 5.74) is 3.28. The van der Waals surface area contributed by atoms with Gasteiger partial charge in [-0.3, -0.25) is 4.90 Å². The van der Waals surface area contributed by atoms with E-state index in [0.717, 1.165) is 43.8 Å². The summed E-state index contributed by atoms with van der Waals surface area (Å²) in [7, 11) is 0. The number of nitrogens with zero attached hydrogens (tertiary/aromatic N) is 1. The third-order valence-electron chi connectivity index (χ3n) is 5.43. The van der Waals surface area contributed by atoms with Gasteiger partial charge < -0.3 is 9.84 Å². The van der Waals surface area contributed by atoms with E-state index in [0.29, 0.717) is 6.42 Å². The zero-order chi connectivity index (χ0) is 16.6. The molecule has 1 fully saturated rings. The monoisotopic (exact) mass is 323 g/mol. The minimum atomic E-state index is -0.408. The van der Waals surface area contributed by atoms with Crippen LogP contribution in [0.2, 0.25) is 0 Å². The quantitative estimate of drug-likeness (QED) is 0.911. The fourth-order valence-corrected chi connectivity index (χ4v) is 4.02. The number of aliphatic hydroxyl groups is 1. The number of fused-ring (bicyclic) bond motifs is 1. The molecule has 0 amide bonds. The molecule has 2 aromatic rings. The van der Waals surface area contributed by atoms with Crippen molar-refractivity contribution in [3.05, 3.63) is 65.2 Å². The van der Waals surface area contributed by atoms with E-state index in [-0.39, 0.29) is 5.60 Å². The number of likely N-dealkylation sites (tertiary alicyclic amines) is 1. The topological polar surface area (TPSA) is 32.7 Å². The van der Waals surface area contributed by atoms with Crippen molar-refractivity contribution in [2.45, 2.75) is 44.4 Å². The molecule has 1 spiro atoms. The summed E-state index contributed by atoms with van der Waals surface area (Å²) in [5, 5.41) is 10.6. The second kappa shape index (κ2) is 6.23. The summed E-state index contributed by atoms with van der Waals surface area (Å²) >= 11 is 0. The van der Waals surface area contributed by atoms with Crippen molar-refractivity contribution < 1.29 is 9.84 Å². The van der Waals surface area contributed by atoms with Gasteiger partial charge in [0.15, 0.2) is 0 Å². The highest BCUT2D eigenvalue weighted by molar-refractivity contribution is 5.41. The molecule has 2 aliphatic rings. The minimum absolute atomic E-state index is 0.200. The molecule has 0 bridgehead atoms. The SMILES string of the molecule is Cc1ccc2c(c1)[C@H](O)CC1(CCN(Cc3ccccc3)CC1)O2. The predicted molar refractivity (Wildman–Crippen MR) is 95.1 cm³/mol. The average Bonchev–Trinajstić information content (AvgIpc) is 2.59. The van der Waals surface area contributed by atoms with E-state index in [2.05, 4.69) is 54.3 Å². The molecule has 0 aromatic heterocycles. The van der Waals surface area contributed by atoms with E-state index < -0.39 is 6.10 Å². The Bertz CT molecular complexity index is 705. The molecule has 2 aliphatic heterocycles. The van der Waals surface area contributed by atoms with Crippen LogP contribution in [-0.2, 0) is 6.54 Å². The summed E-state index contributed by atoms with van der Waals surface area (Å²) in [6, 6.07) is 16.8. The smallest absolute Gasteiger partial charge is 0.125 e. The zero-order valence-electron chi connectivity index (χ0n) is 14.2. The van der Waals surface area contributed by atoms with E-state index in [1.807, 2.05) is 6.07 Å². The Hall–Kier alpha value is -1.84. The first kappa shape index (κ1) is 15.7. The van der Waals surface area contributed by atoms with Gasteiger partial charge in [-0.2, -0.15) is 0 Å². The molecule has 0 aliphatic carbocycles. The summed E-state index contributed by atoms with van der Waals surface area (Å²) in [5.74, 6) is 0.871. The summed E-state index contributed by atoms with van der Waals surface area (Å²) in [6.45, 7) is 5.08. The van der Waals surface area contributed by atoms with Crippen molar-refractivity contribution in [2.24, 2.45) is 0 Å². The molecule has 2 aromatic carbocycles. The lowest BCUT2D eigenvalue weighted by Gasteiger charge is -2.46. The Labute approximate surface area is 143 Å². The van der Waals surface area contributed by atoms with Crippen molar-refractivity contribution in [2.75, 3.05) is 13.1 Å². The maximum Gasteiger partial charge on any atom is 0.125 e. The maximum atomic E-state index is 10.6. The normalized spacial score (nSPS) is 22.8. The van der Waals surface area contributed by atoms with Crippen LogP contribution in [0.4, 0.5) is 0 Å². The zero-order valence-corrected chi connectivity index (χ0v) is 14.2. The van der Waals surface area contributed by atoms with Crippen LogP contribution in [0.3, 0.4) is 0 Å². The highest BCUT2D eigenvalue weighted by atomic mass is 16.5. The van der Waals surface area contributed by atoms with Crippen LogP contribution in [0, 0.1) is 6.92 Å². The lowest BCUT2D eigenvalue weighted by molar-refractivity contribution is -0.0551. The Balaban J connectivity index is 1.44. The lowest BCUT2D eigenvalue weighted by atomic mass is 9.81. The number of benzene rings is 2. The first-order chi connectivity index (χ1) is 11.6. The van der Waals surface area contributed by atoms with Gasteiger partial charge in [-0.15, -0.1) is 0 Å². The Morgan fingerprint density at radius 3 is 2.62 bits per heavy atom. The lowest BCUT2D eigenvalue weighted by Crippen LogP contribution is -2.50. The average molecular weight is 323 g/mol. The molecule has 3 nitrogen and oxygen atoms in total. The van der Waals surface area contributed by atoms with Gasteiger partial charge in [-0.05, 0) is 37.5 Å². The third kappa shape index (κ3) is 3.06. The fraction of sp³-hybridized carbons (Fsp3) is 0.429. The van der Waals surface area contributed by atoms with Crippen LogP contribution in [-0.4, -0.2) is 28.7 Å². The molecule has 3 heteroatoms. The van der Waals surface area contributed by atoms with Crippen LogP contribution in [0.25, 0.3) is 0 Å². The van der Waals surface area contributed by atoms with E-state index in [1.165, 1.54) is 11.1 Å². The van der Waals surface area contributed by atoms with Crippen molar-refractivity contribution >= 4 is 0 Å². The number of ether oxygens (including phenoxy) is 1. The van der Waals surface area contributed by atoms with Crippen molar-refractivity contribution in [3.63, 3.8) is 0 Å². The fourth-order valence-electron chi connectivity index (χ4n) is 4.02. The molecule has 4 rings (SSSR count). The van der Waals surface area contributed by atoms with E-state index in [9.17, 15) is 5.11 Å². The predicted octanol–water partition coefficient (Wildman–Crippen LogP) is 3.85. The second-order valence-corrected chi connectivity index (χ2v) is 7.31. The van der Waals surface area contributed by atoms with Crippen molar-refractivity contribution in [1.29, 1.82) is 0 Å². The van der Waals surface area contributed by atoms with E-state index >= 15 is 0 Å². The summed E-state index contributed by atoms with van der Waals surface area (Å²) in [6.07, 6.45) is 2.26. The van der Waals surface area contributed by atoms with Gasteiger partial charge in [0.2, 0.25) is 0 Å². The molecule has 2 heterocycles. The van der Waals surface area contributed by atoms with Gasteiger partial charge in [-0.1, -0.05) is 42.0 Å². The first-order valence-electron chi connectivity index (χ1n) is 8.87. The molecule has 1 atom stereocenters. The third-order valence-corrected chi connectivity index (χ3v) is 5.43. The summed E-state index contributed by atoms with van der Waals surface area (Å²) < 4.78 is 6.40. The molecule has 0 radical (unpaired) electrons. The molecule has 0 saturated carbocycles. The van der Waals surface area contributed by atoms with Gasteiger partial charge in [-0.25, -0.2) is 0 Å².